The van der Waals surface area contributed by atoms with Crippen molar-refractivity contribution in [2.24, 2.45) is 0 Å². The van der Waals surface area contributed by atoms with E-state index >= 15 is 0 Å². The van der Waals surface area contributed by atoms with Gasteiger partial charge in [-0.3, -0.25) is 14.3 Å². The largest absolute Gasteiger partial charge is 0.398 e. The zero-order valence-corrected chi connectivity index (χ0v) is 13.0. The van der Waals surface area contributed by atoms with Crippen LogP contribution in [-0.4, -0.2) is 14.5 Å². The second kappa shape index (κ2) is 4.96. The van der Waals surface area contributed by atoms with E-state index in [9.17, 15) is 4.79 Å². The summed E-state index contributed by atoms with van der Waals surface area (Å²) in [5.41, 5.74) is 11.2. The number of nitrogens with zero attached hydrogens (tertiary/aromatic N) is 3. The summed E-state index contributed by atoms with van der Waals surface area (Å²) in [4.78, 5) is 21.3. The van der Waals surface area contributed by atoms with Crippen molar-refractivity contribution >= 4 is 27.2 Å². The van der Waals surface area contributed by atoms with Crippen LogP contribution in [0.1, 0.15) is 22.4 Å². The fourth-order valence-electron chi connectivity index (χ4n) is 2.29. The predicted molar refractivity (Wildman–Crippen MR) is 85.8 cm³/mol. The standard InChI is InChI=1S/C15H16N4OS/c1-8-4-17-11(10(3)12(8)16)5-19-7-18-13-9(2)6-21-14(13)15(19)20/h4,6-7H,5H2,1-3H3,(H2,16,17). The lowest BCUT2D eigenvalue weighted by Crippen LogP contribution is -2.21. The third-order valence-corrected chi connectivity index (χ3v) is 4.79. The number of rotatable bonds is 2. The van der Waals surface area contributed by atoms with E-state index in [4.69, 9.17) is 5.73 Å². The molecule has 2 N–H and O–H groups in total. The molecule has 3 heterocycles. The molecule has 21 heavy (non-hydrogen) atoms. The molecule has 0 aromatic carbocycles. The number of aryl methyl sites for hydroxylation is 2. The molecule has 3 aromatic heterocycles. The number of hydrogen-bond acceptors (Lipinski definition) is 5. The molecule has 0 radical (unpaired) electrons. The smallest absolute Gasteiger partial charge is 0.271 e. The summed E-state index contributed by atoms with van der Waals surface area (Å²) in [5, 5.41) is 1.96. The second-order valence-corrected chi connectivity index (χ2v) is 6.08. The monoisotopic (exact) mass is 300 g/mol. The van der Waals surface area contributed by atoms with Gasteiger partial charge in [0.05, 0.1) is 24.1 Å². The number of thiophene rings is 1. The van der Waals surface area contributed by atoms with Crippen molar-refractivity contribution in [3.63, 3.8) is 0 Å². The van der Waals surface area contributed by atoms with Gasteiger partial charge in [-0.05, 0) is 42.8 Å². The third kappa shape index (κ3) is 2.21. The van der Waals surface area contributed by atoms with E-state index in [0.29, 0.717) is 11.2 Å². The molecule has 5 nitrogen and oxygen atoms in total. The molecule has 0 bridgehead atoms. The fraction of sp³-hybridized carbons (Fsp3) is 0.267. The van der Waals surface area contributed by atoms with Gasteiger partial charge in [0, 0.05) is 11.9 Å². The number of hydrogen-bond donors (Lipinski definition) is 1. The molecule has 0 saturated carbocycles. The van der Waals surface area contributed by atoms with Gasteiger partial charge in [0.25, 0.3) is 5.56 Å². The van der Waals surface area contributed by atoms with Crippen molar-refractivity contribution in [2.75, 3.05) is 5.73 Å². The van der Waals surface area contributed by atoms with E-state index < -0.39 is 0 Å². The van der Waals surface area contributed by atoms with E-state index in [1.165, 1.54) is 11.3 Å². The van der Waals surface area contributed by atoms with Crippen molar-refractivity contribution in [3.8, 4) is 0 Å². The minimum Gasteiger partial charge on any atom is -0.398 e. The molecule has 0 aliphatic heterocycles. The summed E-state index contributed by atoms with van der Waals surface area (Å²) in [6.45, 7) is 6.20. The Morgan fingerprint density at radius 3 is 2.76 bits per heavy atom. The fourth-order valence-corrected chi connectivity index (χ4v) is 3.24. The highest BCUT2D eigenvalue weighted by Crippen LogP contribution is 2.21. The maximum atomic E-state index is 12.5. The van der Waals surface area contributed by atoms with Crippen LogP contribution in [0.25, 0.3) is 10.2 Å². The van der Waals surface area contributed by atoms with E-state index in [2.05, 4.69) is 9.97 Å². The van der Waals surface area contributed by atoms with Crippen LogP contribution in [-0.2, 0) is 6.54 Å². The van der Waals surface area contributed by atoms with Gasteiger partial charge in [-0.25, -0.2) is 4.98 Å². The van der Waals surface area contributed by atoms with Gasteiger partial charge in [-0.2, -0.15) is 0 Å². The number of pyridine rings is 1. The zero-order valence-electron chi connectivity index (χ0n) is 12.2. The Labute approximate surface area is 126 Å². The SMILES string of the molecule is Cc1cnc(Cn2cnc3c(C)csc3c2=O)c(C)c1N. The van der Waals surface area contributed by atoms with Crippen molar-refractivity contribution < 1.29 is 0 Å². The lowest BCUT2D eigenvalue weighted by Gasteiger charge is -2.11. The molecule has 3 rings (SSSR count). The first-order valence-corrected chi connectivity index (χ1v) is 7.50. The normalized spacial score (nSPS) is 11.2. The van der Waals surface area contributed by atoms with E-state index in [1.807, 2.05) is 26.2 Å². The van der Waals surface area contributed by atoms with E-state index in [0.717, 1.165) is 33.6 Å². The molecule has 0 aliphatic carbocycles. The van der Waals surface area contributed by atoms with Gasteiger partial charge in [-0.15, -0.1) is 11.3 Å². The summed E-state index contributed by atoms with van der Waals surface area (Å²) >= 11 is 1.43. The number of anilines is 1. The van der Waals surface area contributed by atoms with Gasteiger partial charge in [-0.1, -0.05) is 0 Å². The molecule has 0 saturated heterocycles. The van der Waals surface area contributed by atoms with Crippen molar-refractivity contribution in [3.05, 3.63) is 50.6 Å². The molecular formula is C15H16N4OS. The lowest BCUT2D eigenvalue weighted by molar-refractivity contribution is 0.726. The molecule has 3 aromatic rings. The highest BCUT2D eigenvalue weighted by Gasteiger charge is 2.11. The second-order valence-electron chi connectivity index (χ2n) is 5.20. The van der Waals surface area contributed by atoms with E-state index in [-0.39, 0.29) is 5.56 Å². The van der Waals surface area contributed by atoms with Crippen LogP contribution in [0.5, 0.6) is 0 Å². The summed E-state index contributed by atoms with van der Waals surface area (Å²) in [7, 11) is 0. The van der Waals surface area contributed by atoms with Crippen LogP contribution >= 0.6 is 11.3 Å². The first kappa shape index (κ1) is 13.8. The molecular weight excluding hydrogens is 284 g/mol. The summed E-state index contributed by atoms with van der Waals surface area (Å²) < 4.78 is 2.27. The Balaban J connectivity index is 2.09. The summed E-state index contributed by atoms with van der Waals surface area (Å²) in [6.07, 6.45) is 3.32. The molecule has 0 fully saturated rings. The first-order chi connectivity index (χ1) is 9.99. The average molecular weight is 300 g/mol. The third-order valence-electron chi connectivity index (χ3n) is 3.72. The highest BCUT2D eigenvalue weighted by molar-refractivity contribution is 7.17. The van der Waals surface area contributed by atoms with Gasteiger partial charge in [0.2, 0.25) is 0 Å². The molecule has 0 unspecified atom stereocenters. The molecule has 0 aliphatic rings. The summed E-state index contributed by atoms with van der Waals surface area (Å²) in [6, 6.07) is 0. The van der Waals surface area contributed by atoms with Crippen LogP contribution in [0.15, 0.2) is 22.7 Å². The lowest BCUT2D eigenvalue weighted by atomic mass is 10.1. The van der Waals surface area contributed by atoms with Crippen LogP contribution in [0, 0.1) is 20.8 Å². The summed E-state index contributed by atoms with van der Waals surface area (Å²) in [5.74, 6) is 0. The Kier molecular flexibility index (Phi) is 3.25. The Bertz CT molecular complexity index is 895. The Morgan fingerprint density at radius 1 is 1.24 bits per heavy atom. The highest BCUT2D eigenvalue weighted by atomic mass is 32.1. The van der Waals surface area contributed by atoms with Crippen LogP contribution in [0.4, 0.5) is 5.69 Å². The zero-order chi connectivity index (χ0) is 15.1. The quantitative estimate of drug-likeness (QED) is 0.788. The van der Waals surface area contributed by atoms with Crippen molar-refractivity contribution in [2.45, 2.75) is 27.3 Å². The van der Waals surface area contributed by atoms with Gasteiger partial charge < -0.3 is 5.73 Å². The Morgan fingerprint density at radius 2 is 2.00 bits per heavy atom. The van der Waals surface area contributed by atoms with Gasteiger partial charge >= 0.3 is 0 Å². The molecule has 108 valence electrons. The van der Waals surface area contributed by atoms with E-state index in [1.54, 1.807) is 17.1 Å². The number of nitrogen functional groups attached to an aromatic ring is 1. The maximum absolute atomic E-state index is 12.5. The maximum Gasteiger partial charge on any atom is 0.271 e. The van der Waals surface area contributed by atoms with Crippen molar-refractivity contribution in [1.82, 2.24) is 14.5 Å². The average Bonchev–Trinajstić information content (AvgIpc) is 2.84. The van der Waals surface area contributed by atoms with Gasteiger partial charge in [0.15, 0.2) is 0 Å². The molecule has 6 heteroatoms. The molecule has 0 amide bonds. The molecule has 0 atom stereocenters. The number of fused-ring (bicyclic) bond motifs is 1. The number of aromatic nitrogens is 3. The van der Waals surface area contributed by atoms with Crippen molar-refractivity contribution in [1.29, 1.82) is 0 Å². The van der Waals surface area contributed by atoms with Crippen LogP contribution < -0.4 is 11.3 Å². The number of nitrogens with two attached hydrogens (primary N) is 1. The van der Waals surface area contributed by atoms with Crippen LogP contribution in [0.3, 0.4) is 0 Å². The predicted octanol–water partition coefficient (Wildman–Crippen LogP) is 2.41. The minimum atomic E-state index is -0.0292. The topological polar surface area (TPSA) is 73.8 Å². The van der Waals surface area contributed by atoms with Gasteiger partial charge in [0.1, 0.15) is 4.70 Å². The molecule has 0 spiro atoms. The minimum absolute atomic E-state index is 0.0292. The Hall–Kier alpha value is -2.21. The first-order valence-electron chi connectivity index (χ1n) is 6.63. The van der Waals surface area contributed by atoms with Crippen LogP contribution in [0.2, 0.25) is 0 Å².